The molecule has 0 unspecified atom stereocenters. The first-order valence-corrected chi connectivity index (χ1v) is 5.05. The summed E-state index contributed by atoms with van der Waals surface area (Å²) in [4.78, 5) is 4.24. The molecule has 4 nitrogen and oxygen atoms in total. The fourth-order valence-corrected chi connectivity index (χ4v) is 1.52. The molecule has 72 valence electrons. The molecule has 0 aliphatic rings. The van der Waals surface area contributed by atoms with Gasteiger partial charge in [-0.2, -0.15) is 0 Å². The van der Waals surface area contributed by atoms with E-state index < -0.39 is 0 Å². The Morgan fingerprint density at radius 1 is 1.50 bits per heavy atom. The summed E-state index contributed by atoms with van der Waals surface area (Å²) in [7, 11) is 0. The maximum absolute atomic E-state index is 7.05. The Bertz CT molecular complexity index is 433. The molecule has 0 bridgehead atoms. The number of rotatable bonds is 2. The van der Waals surface area contributed by atoms with E-state index in [2.05, 4.69) is 4.98 Å². The first-order chi connectivity index (χ1) is 6.75. The molecule has 3 N–H and O–H groups in total. The van der Waals surface area contributed by atoms with Gasteiger partial charge in [-0.25, -0.2) is 4.98 Å². The molecule has 0 radical (unpaired) electrons. The Labute approximate surface area is 85.0 Å². The number of oxazole rings is 1. The van der Waals surface area contributed by atoms with Crippen molar-refractivity contribution in [3.63, 3.8) is 0 Å². The molecular weight excluding hydrogens is 198 g/mol. The second-order valence-electron chi connectivity index (χ2n) is 2.73. The normalized spacial score (nSPS) is 10.6. The third-order valence-electron chi connectivity index (χ3n) is 1.69. The van der Waals surface area contributed by atoms with Gasteiger partial charge in [-0.15, -0.1) is 0 Å². The van der Waals surface area contributed by atoms with Crippen LogP contribution in [0.5, 0.6) is 0 Å². The van der Waals surface area contributed by atoms with Crippen LogP contribution in [-0.2, 0) is 5.75 Å². The summed E-state index contributed by atoms with van der Waals surface area (Å²) >= 11 is 1.20. The van der Waals surface area contributed by atoms with Crippen molar-refractivity contribution in [1.29, 1.82) is 5.41 Å². The fraction of sp³-hybridized carbons (Fsp3) is 0.111. The second-order valence-corrected chi connectivity index (χ2v) is 3.75. The zero-order valence-corrected chi connectivity index (χ0v) is 8.17. The van der Waals surface area contributed by atoms with Crippen molar-refractivity contribution in [2.45, 2.75) is 5.75 Å². The Hall–Kier alpha value is -1.49. The highest BCUT2D eigenvalue weighted by atomic mass is 32.2. The lowest BCUT2D eigenvalue weighted by Gasteiger charge is -1.91. The van der Waals surface area contributed by atoms with Crippen LogP contribution in [0.3, 0.4) is 0 Å². The molecule has 5 heteroatoms. The average molecular weight is 207 g/mol. The summed E-state index contributed by atoms with van der Waals surface area (Å²) in [5.41, 5.74) is 6.82. The average Bonchev–Trinajstić information content (AvgIpc) is 2.57. The van der Waals surface area contributed by atoms with Crippen molar-refractivity contribution >= 4 is 28.0 Å². The predicted octanol–water partition coefficient (Wildman–Crippen LogP) is 1.95. The third-order valence-corrected chi connectivity index (χ3v) is 2.39. The second kappa shape index (κ2) is 3.71. The van der Waals surface area contributed by atoms with Gasteiger partial charge in [0.15, 0.2) is 10.8 Å². The topological polar surface area (TPSA) is 75.9 Å². The number of para-hydroxylation sites is 2. The number of benzene rings is 1. The van der Waals surface area contributed by atoms with Crippen molar-refractivity contribution in [3.8, 4) is 0 Å². The molecular formula is C9H9N3OS. The summed E-state index contributed by atoms with van der Waals surface area (Å²) in [6.07, 6.45) is 0. The Morgan fingerprint density at radius 3 is 3.00 bits per heavy atom. The minimum Gasteiger partial charge on any atom is -0.440 e. The molecule has 0 saturated carbocycles. The van der Waals surface area contributed by atoms with Crippen LogP contribution >= 0.6 is 11.8 Å². The minimum atomic E-state index is 0.0762. The van der Waals surface area contributed by atoms with E-state index in [1.54, 1.807) is 0 Å². The zero-order chi connectivity index (χ0) is 9.97. The van der Waals surface area contributed by atoms with Crippen LogP contribution < -0.4 is 5.73 Å². The van der Waals surface area contributed by atoms with Crippen molar-refractivity contribution in [3.05, 3.63) is 30.2 Å². The molecule has 2 aromatic rings. The predicted molar refractivity (Wildman–Crippen MR) is 57.2 cm³/mol. The number of hydrogen-bond donors (Lipinski definition) is 2. The number of nitrogens with one attached hydrogen (secondary N) is 1. The molecule has 0 fully saturated rings. The summed E-state index contributed by atoms with van der Waals surface area (Å²) in [6.45, 7) is 0. The van der Waals surface area contributed by atoms with Gasteiger partial charge in [-0.3, -0.25) is 5.41 Å². The Kier molecular flexibility index (Phi) is 2.41. The van der Waals surface area contributed by atoms with E-state index in [0.717, 1.165) is 11.1 Å². The van der Waals surface area contributed by atoms with Gasteiger partial charge >= 0.3 is 0 Å². The number of thioether (sulfide) groups is 1. The van der Waals surface area contributed by atoms with Crippen LogP contribution in [-0.4, -0.2) is 10.2 Å². The summed E-state index contributed by atoms with van der Waals surface area (Å²) < 4.78 is 5.43. The van der Waals surface area contributed by atoms with Gasteiger partial charge in [0.2, 0.25) is 5.89 Å². The van der Waals surface area contributed by atoms with Gasteiger partial charge in [0, 0.05) is 0 Å². The number of nitrogens with two attached hydrogens (primary N) is 1. The molecule has 1 aromatic heterocycles. The standard InChI is InChI=1S/C9H9N3OS/c10-9(11)14-5-8-12-6-3-1-2-4-7(6)13-8/h1-4H,5H2,(H3,10,11). The zero-order valence-electron chi connectivity index (χ0n) is 7.36. The third kappa shape index (κ3) is 1.88. The maximum Gasteiger partial charge on any atom is 0.205 e. The van der Waals surface area contributed by atoms with Gasteiger partial charge in [-0.05, 0) is 12.1 Å². The minimum absolute atomic E-state index is 0.0762. The van der Waals surface area contributed by atoms with Crippen molar-refractivity contribution < 1.29 is 4.42 Å². The molecule has 1 aromatic carbocycles. The quantitative estimate of drug-likeness (QED) is 0.583. The lowest BCUT2D eigenvalue weighted by molar-refractivity contribution is 0.556. The molecule has 0 atom stereocenters. The molecule has 0 saturated heterocycles. The number of amidine groups is 1. The lowest BCUT2D eigenvalue weighted by atomic mass is 10.3. The van der Waals surface area contributed by atoms with Gasteiger partial charge in [0.25, 0.3) is 0 Å². The van der Waals surface area contributed by atoms with Gasteiger partial charge in [-0.1, -0.05) is 23.9 Å². The van der Waals surface area contributed by atoms with Crippen LogP contribution in [0.1, 0.15) is 5.89 Å². The first kappa shape index (κ1) is 9.08. The largest absolute Gasteiger partial charge is 0.440 e. The molecule has 0 spiro atoms. The van der Waals surface area contributed by atoms with Gasteiger partial charge in [0.1, 0.15) is 5.52 Å². The molecule has 0 aliphatic carbocycles. The van der Waals surface area contributed by atoms with E-state index in [1.807, 2.05) is 24.3 Å². The van der Waals surface area contributed by atoms with E-state index in [9.17, 15) is 0 Å². The van der Waals surface area contributed by atoms with Crippen molar-refractivity contribution in [1.82, 2.24) is 4.98 Å². The van der Waals surface area contributed by atoms with Crippen LogP contribution in [0.2, 0.25) is 0 Å². The maximum atomic E-state index is 7.05. The highest BCUT2D eigenvalue weighted by Gasteiger charge is 2.04. The van der Waals surface area contributed by atoms with Crippen molar-refractivity contribution in [2.24, 2.45) is 5.73 Å². The smallest absolute Gasteiger partial charge is 0.205 e. The van der Waals surface area contributed by atoms with Crippen molar-refractivity contribution in [2.75, 3.05) is 0 Å². The molecule has 0 aliphatic heterocycles. The SMILES string of the molecule is N=C(N)SCc1nc2ccccc2o1. The van der Waals surface area contributed by atoms with E-state index in [-0.39, 0.29) is 5.17 Å². The van der Waals surface area contributed by atoms with Gasteiger partial charge < -0.3 is 10.2 Å². The van der Waals surface area contributed by atoms with Crippen LogP contribution in [0, 0.1) is 5.41 Å². The fourth-order valence-electron chi connectivity index (χ4n) is 1.12. The van der Waals surface area contributed by atoms with E-state index >= 15 is 0 Å². The number of aromatic nitrogens is 1. The number of nitrogens with zero attached hydrogens (tertiary/aromatic N) is 1. The summed E-state index contributed by atoms with van der Waals surface area (Å²) in [5, 5.41) is 7.13. The number of fused-ring (bicyclic) bond motifs is 1. The summed E-state index contributed by atoms with van der Waals surface area (Å²) in [6, 6.07) is 7.56. The Morgan fingerprint density at radius 2 is 2.29 bits per heavy atom. The highest BCUT2D eigenvalue weighted by Crippen LogP contribution is 2.18. The molecule has 1 heterocycles. The van der Waals surface area contributed by atoms with Crippen LogP contribution in [0.25, 0.3) is 11.1 Å². The molecule has 2 rings (SSSR count). The highest BCUT2D eigenvalue weighted by molar-refractivity contribution is 8.12. The monoisotopic (exact) mass is 207 g/mol. The summed E-state index contributed by atoms with van der Waals surface area (Å²) in [5.74, 6) is 1.11. The Balaban J connectivity index is 2.22. The molecule has 0 amide bonds. The van der Waals surface area contributed by atoms with E-state index in [4.69, 9.17) is 15.6 Å². The van der Waals surface area contributed by atoms with Crippen LogP contribution in [0.15, 0.2) is 28.7 Å². The first-order valence-electron chi connectivity index (χ1n) is 4.07. The molecule has 14 heavy (non-hydrogen) atoms. The van der Waals surface area contributed by atoms with E-state index in [1.165, 1.54) is 11.8 Å². The number of hydrogen-bond acceptors (Lipinski definition) is 4. The lowest BCUT2D eigenvalue weighted by Crippen LogP contribution is -2.03. The van der Waals surface area contributed by atoms with Gasteiger partial charge in [0.05, 0.1) is 5.75 Å². The van der Waals surface area contributed by atoms with E-state index in [0.29, 0.717) is 11.6 Å². The van der Waals surface area contributed by atoms with Crippen LogP contribution in [0.4, 0.5) is 0 Å².